The molecule has 1 aromatic carbocycles. The van der Waals surface area contributed by atoms with E-state index in [2.05, 4.69) is 38.1 Å². The Labute approximate surface area is 224 Å². The Hall–Kier alpha value is -3.31. The van der Waals surface area contributed by atoms with Gasteiger partial charge in [-0.3, -0.25) is 19.4 Å². The van der Waals surface area contributed by atoms with Gasteiger partial charge in [0.1, 0.15) is 11.7 Å². The minimum absolute atomic E-state index is 0.0477. The summed E-state index contributed by atoms with van der Waals surface area (Å²) in [5, 5.41) is 8.32. The van der Waals surface area contributed by atoms with Gasteiger partial charge in [-0.15, -0.1) is 0 Å². The number of rotatable bonds is 12. The van der Waals surface area contributed by atoms with Crippen molar-refractivity contribution >= 4 is 24.8 Å². The van der Waals surface area contributed by atoms with E-state index in [1.54, 1.807) is 6.92 Å². The Kier molecular flexibility index (Phi) is 9.99. The zero-order valence-electron chi connectivity index (χ0n) is 22.8. The van der Waals surface area contributed by atoms with Gasteiger partial charge in [0.15, 0.2) is 0 Å². The molecule has 1 fully saturated rings. The van der Waals surface area contributed by atoms with Gasteiger partial charge in [0.05, 0.1) is 29.8 Å². The van der Waals surface area contributed by atoms with Crippen molar-refractivity contribution in [2.75, 3.05) is 6.54 Å². The summed E-state index contributed by atoms with van der Waals surface area (Å²) in [6.45, 7) is 10.0. The third-order valence-electron chi connectivity index (χ3n) is 6.93. The first-order chi connectivity index (χ1) is 18.0. The zero-order chi connectivity index (χ0) is 27.8. The van der Waals surface area contributed by atoms with Gasteiger partial charge in [-0.05, 0) is 59.4 Å². The molecular formula is C27H38BN5O5. The van der Waals surface area contributed by atoms with Crippen LogP contribution in [0.5, 0.6) is 0 Å². The van der Waals surface area contributed by atoms with E-state index in [1.165, 1.54) is 24.2 Å². The van der Waals surface area contributed by atoms with Crippen molar-refractivity contribution in [1.29, 1.82) is 0 Å². The number of benzene rings is 1. The molecule has 0 radical (unpaired) electrons. The highest BCUT2D eigenvalue weighted by molar-refractivity contribution is 6.48. The normalized spacial score (nSPS) is 17.3. The van der Waals surface area contributed by atoms with Crippen LogP contribution in [0.3, 0.4) is 0 Å². The van der Waals surface area contributed by atoms with Crippen molar-refractivity contribution in [2.24, 2.45) is 0 Å². The van der Waals surface area contributed by atoms with Gasteiger partial charge >= 0.3 is 7.12 Å². The first-order valence-corrected chi connectivity index (χ1v) is 13.1. The smallest absolute Gasteiger partial charge is 0.402 e. The fourth-order valence-electron chi connectivity index (χ4n) is 4.10. The van der Waals surface area contributed by atoms with E-state index in [9.17, 15) is 14.4 Å². The number of amides is 3. The Balaban J connectivity index is 1.77. The van der Waals surface area contributed by atoms with Crippen molar-refractivity contribution in [3.05, 3.63) is 60.2 Å². The lowest BCUT2D eigenvalue weighted by molar-refractivity contribution is -0.128. The number of hydrogen-bond acceptors (Lipinski definition) is 7. The number of nitrogens with zero attached hydrogens (tertiary/aromatic N) is 2. The van der Waals surface area contributed by atoms with Crippen molar-refractivity contribution in [3.8, 4) is 0 Å². The molecule has 0 unspecified atom stereocenters. The van der Waals surface area contributed by atoms with Crippen LogP contribution in [-0.4, -0.2) is 64.5 Å². The second-order valence-corrected chi connectivity index (χ2v) is 10.4. The molecular weight excluding hydrogens is 485 g/mol. The highest BCUT2D eigenvalue weighted by atomic mass is 16.7. The molecule has 2 atom stereocenters. The van der Waals surface area contributed by atoms with Gasteiger partial charge in [0.25, 0.3) is 5.91 Å². The number of nitrogens with one attached hydrogen (secondary N) is 3. The minimum atomic E-state index is -1.13. The van der Waals surface area contributed by atoms with Gasteiger partial charge in [-0.25, -0.2) is 4.98 Å². The number of hydrogen-bond donors (Lipinski definition) is 3. The summed E-state index contributed by atoms with van der Waals surface area (Å²) in [7, 11) is -0.694. The summed E-state index contributed by atoms with van der Waals surface area (Å²) in [5.41, 5.74) is 0.0740. The van der Waals surface area contributed by atoms with Gasteiger partial charge in [0, 0.05) is 18.9 Å². The predicted octanol–water partition coefficient (Wildman–Crippen LogP) is 2.24. The standard InChI is InChI=1S/C27H38BN5O5/c1-6-30-23(34)17-20(32-25(36)21-18-29-15-16-31-21)24(35)33-22(14-10-13-19-11-8-7-9-12-19)28-37-26(2,3)27(4,5)38-28/h7-9,11-12,15-16,18,20,22H,6,10,13-14,17H2,1-5H3,(H,30,34)(H,32,36)(H,33,35)/t20-,22+/m1/s1. The molecule has 0 saturated carbocycles. The lowest BCUT2D eigenvalue weighted by atomic mass is 9.75. The molecule has 3 amide bonds. The van der Waals surface area contributed by atoms with E-state index in [0.29, 0.717) is 13.0 Å². The summed E-state index contributed by atoms with van der Waals surface area (Å²) >= 11 is 0. The van der Waals surface area contributed by atoms with Crippen molar-refractivity contribution in [3.63, 3.8) is 0 Å². The second kappa shape index (κ2) is 13.0. The molecule has 11 heteroatoms. The Morgan fingerprint density at radius 1 is 1.00 bits per heavy atom. The quantitative estimate of drug-likeness (QED) is 0.364. The lowest BCUT2D eigenvalue weighted by Gasteiger charge is -2.32. The molecule has 3 rings (SSSR count). The van der Waals surface area contributed by atoms with Crippen molar-refractivity contribution in [1.82, 2.24) is 25.9 Å². The zero-order valence-corrected chi connectivity index (χ0v) is 22.8. The van der Waals surface area contributed by atoms with E-state index < -0.39 is 42.1 Å². The maximum atomic E-state index is 13.5. The van der Waals surface area contributed by atoms with Crippen LogP contribution in [0.2, 0.25) is 0 Å². The first kappa shape index (κ1) is 29.3. The molecule has 0 aliphatic carbocycles. The van der Waals surface area contributed by atoms with Crippen LogP contribution in [0, 0.1) is 0 Å². The molecule has 38 heavy (non-hydrogen) atoms. The molecule has 1 aliphatic rings. The number of aryl methyl sites for hydroxylation is 1. The average molecular weight is 523 g/mol. The highest BCUT2D eigenvalue weighted by Crippen LogP contribution is 2.38. The Bertz CT molecular complexity index is 1070. The molecule has 2 heterocycles. The molecule has 204 valence electrons. The van der Waals surface area contributed by atoms with Crippen LogP contribution in [0.1, 0.15) is 69.9 Å². The molecule has 10 nitrogen and oxygen atoms in total. The third-order valence-corrected chi connectivity index (χ3v) is 6.93. The van der Waals surface area contributed by atoms with Crippen LogP contribution in [0.15, 0.2) is 48.9 Å². The van der Waals surface area contributed by atoms with Crippen LogP contribution in [-0.2, 0) is 25.3 Å². The second-order valence-electron chi connectivity index (χ2n) is 10.4. The minimum Gasteiger partial charge on any atom is -0.402 e. The Morgan fingerprint density at radius 2 is 1.68 bits per heavy atom. The fraction of sp³-hybridized carbons (Fsp3) is 0.519. The summed E-state index contributed by atoms with van der Waals surface area (Å²) < 4.78 is 12.5. The SMILES string of the molecule is CCNC(=O)C[C@@H](NC(=O)c1cnccn1)C(=O)N[C@@H](CCCc1ccccc1)B1OC(C)(C)C(C)(C)O1. The van der Waals surface area contributed by atoms with Gasteiger partial charge in [0.2, 0.25) is 11.8 Å². The highest BCUT2D eigenvalue weighted by Gasteiger charge is 2.54. The van der Waals surface area contributed by atoms with E-state index in [4.69, 9.17) is 9.31 Å². The first-order valence-electron chi connectivity index (χ1n) is 13.1. The van der Waals surface area contributed by atoms with Gasteiger partial charge in [-0.1, -0.05) is 30.3 Å². The van der Waals surface area contributed by atoms with E-state index in [1.807, 2.05) is 45.9 Å². The van der Waals surface area contributed by atoms with Gasteiger partial charge < -0.3 is 25.3 Å². The van der Waals surface area contributed by atoms with E-state index in [0.717, 1.165) is 12.8 Å². The summed E-state index contributed by atoms with van der Waals surface area (Å²) in [6, 6.07) is 8.96. The Morgan fingerprint density at radius 3 is 2.29 bits per heavy atom. The van der Waals surface area contributed by atoms with Crippen molar-refractivity contribution < 1.29 is 23.7 Å². The molecule has 0 spiro atoms. The lowest BCUT2D eigenvalue weighted by Crippen LogP contribution is -2.55. The van der Waals surface area contributed by atoms with Crippen LogP contribution in [0.4, 0.5) is 0 Å². The maximum Gasteiger partial charge on any atom is 0.481 e. The molecule has 1 saturated heterocycles. The number of carbonyl (C=O) groups is 3. The average Bonchev–Trinajstić information content (AvgIpc) is 3.10. The fourth-order valence-corrected chi connectivity index (χ4v) is 4.10. The van der Waals surface area contributed by atoms with Gasteiger partial charge in [-0.2, -0.15) is 0 Å². The summed E-state index contributed by atoms with van der Waals surface area (Å²) in [6.07, 6.45) is 6.06. The monoisotopic (exact) mass is 523 g/mol. The molecule has 0 bridgehead atoms. The summed E-state index contributed by atoms with van der Waals surface area (Å²) in [5.74, 6) is -1.97. The maximum absolute atomic E-state index is 13.5. The van der Waals surface area contributed by atoms with E-state index >= 15 is 0 Å². The summed E-state index contributed by atoms with van der Waals surface area (Å²) in [4.78, 5) is 46.6. The van der Waals surface area contributed by atoms with E-state index in [-0.39, 0.29) is 18.0 Å². The molecule has 2 aromatic rings. The van der Waals surface area contributed by atoms with Crippen molar-refractivity contribution in [2.45, 2.75) is 83.5 Å². The molecule has 3 N–H and O–H groups in total. The molecule has 1 aliphatic heterocycles. The molecule has 1 aromatic heterocycles. The largest absolute Gasteiger partial charge is 0.481 e. The number of aromatic nitrogens is 2. The van der Waals surface area contributed by atoms with Crippen LogP contribution in [0.25, 0.3) is 0 Å². The van der Waals surface area contributed by atoms with Crippen LogP contribution < -0.4 is 16.0 Å². The third kappa shape index (κ3) is 7.85. The number of carbonyl (C=O) groups excluding carboxylic acids is 3. The predicted molar refractivity (Wildman–Crippen MR) is 144 cm³/mol. The van der Waals surface area contributed by atoms with Crippen LogP contribution >= 0.6 is 0 Å². The topological polar surface area (TPSA) is 132 Å².